The molecule has 0 aliphatic carbocycles. The highest BCUT2D eigenvalue weighted by Gasteiger charge is 2.34. The van der Waals surface area contributed by atoms with Gasteiger partial charge in [0.1, 0.15) is 11.5 Å². The summed E-state index contributed by atoms with van der Waals surface area (Å²) in [4.78, 5) is 4.11. The lowest BCUT2D eigenvalue weighted by Gasteiger charge is -2.22. The zero-order valence-corrected chi connectivity index (χ0v) is 12.2. The molecule has 0 bridgehead atoms. The maximum absolute atomic E-state index is 12.6. The predicted octanol–water partition coefficient (Wildman–Crippen LogP) is 0.989. The summed E-state index contributed by atoms with van der Waals surface area (Å²) in [6.07, 6.45) is 5.46. The average molecular weight is 294 g/mol. The van der Waals surface area contributed by atoms with E-state index in [1.54, 1.807) is 4.31 Å². The van der Waals surface area contributed by atoms with Gasteiger partial charge in [-0.25, -0.2) is 8.42 Å². The third kappa shape index (κ3) is 3.01. The number of hydrogen-bond acceptors (Lipinski definition) is 4. The molecule has 0 spiro atoms. The quantitative estimate of drug-likeness (QED) is 0.844. The summed E-state index contributed by atoms with van der Waals surface area (Å²) >= 11 is 0. The molecule has 20 heavy (non-hydrogen) atoms. The second kappa shape index (κ2) is 6.35. The molecule has 1 fully saturated rings. The molecule has 1 unspecified atom stereocenters. The largest absolute Gasteiger partial charge is 0.384 e. The minimum atomic E-state index is -3.51. The first-order valence-electron chi connectivity index (χ1n) is 6.66. The van der Waals surface area contributed by atoms with E-state index in [1.807, 2.05) is 6.92 Å². The molecule has 1 saturated heterocycles. The standard InChI is InChI=1S/C14H18N2O3S/c1-2-13-6-3-7-16(13)20(18,19)14-9-12(5-4-8-17)10-15-11-14/h9-11,13,17H,2-3,6-8H2,1H3. The Morgan fingerprint density at radius 2 is 2.30 bits per heavy atom. The SMILES string of the molecule is CCC1CCCN1S(=O)(=O)c1cncc(C#CCO)c1. The van der Waals surface area contributed by atoms with Crippen molar-refractivity contribution in [1.82, 2.24) is 9.29 Å². The maximum Gasteiger partial charge on any atom is 0.244 e. The Hall–Kier alpha value is -1.42. The highest BCUT2D eigenvalue weighted by molar-refractivity contribution is 7.89. The predicted molar refractivity (Wildman–Crippen MR) is 75.4 cm³/mol. The van der Waals surface area contributed by atoms with Crippen molar-refractivity contribution in [1.29, 1.82) is 0 Å². The Morgan fingerprint density at radius 3 is 3.00 bits per heavy atom. The fourth-order valence-electron chi connectivity index (χ4n) is 2.44. The number of sulfonamides is 1. The molecule has 2 rings (SSSR count). The maximum atomic E-state index is 12.6. The van der Waals surface area contributed by atoms with Crippen molar-refractivity contribution >= 4 is 10.0 Å². The van der Waals surface area contributed by atoms with Gasteiger partial charge in [-0.2, -0.15) is 4.31 Å². The third-order valence-corrected chi connectivity index (χ3v) is 5.34. The van der Waals surface area contributed by atoms with Gasteiger partial charge in [0.2, 0.25) is 10.0 Å². The number of aliphatic hydroxyl groups is 1. The van der Waals surface area contributed by atoms with E-state index in [2.05, 4.69) is 16.8 Å². The molecule has 1 atom stereocenters. The summed E-state index contributed by atoms with van der Waals surface area (Å²) in [5.41, 5.74) is 0.493. The Kier molecular flexibility index (Phi) is 4.76. The molecule has 0 aromatic carbocycles. The molecule has 0 radical (unpaired) electrons. The molecule has 0 amide bonds. The third-order valence-electron chi connectivity index (χ3n) is 3.43. The first-order valence-corrected chi connectivity index (χ1v) is 8.10. The summed E-state index contributed by atoms with van der Waals surface area (Å²) in [5.74, 6) is 5.17. The summed E-state index contributed by atoms with van der Waals surface area (Å²) in [6, 6.07) is 1.59. The van der Waals surface area contributed by atoms with Crippen molar-refractivity contribution in [2.75, 3.05) is 13.2 Å². The van der Waals surface area contributed by atoms with Crippen LogP contribution < -0.4 is 0 Å². The van der Waals surface area contributed by atoms with Crippen LogP contribution >= 0.6 is 0 Å². The van der Waals surface area contributed by atoms with Crippen molar-refractivity contribution in [2.45, 2.75) is 37.1 Å². The lowest BCUT2D eigenvalue weighted by Crippen LogP contribution is -2.35. The van der Waals surface area contributed by atoms with Crippen LogP contribution in [0.25, 0.3) is 0 Å². The van der Waals surface area contributed by atoms with E-state index < -0.39 is 10.0 Å². The second-order valence-electron chi connectivity index (χ2n) is 4.69. The molecule has 0 saturated carbocycles. The van der Waals surface area contributed by atoms with Crippen molar-refractivity contribution in [3.8, 4) is 11.8 Å². The van der Waals surface area contributed by atoms with Crippen molar-refractivity contribution in [3.05, 3.63) is 24.0 Å². The molecule has 1 aromatic rings. The summed E-state index contributed by atoms with van der Waals surface area (Å²) in [5, 5.41) is 8.68. The number of nitrogens with zero attached hydrogens (tertiary/aromatic N) is 2. The van der Waals surface area contributed by atoms with E-state index in [0.29, 0.717) is 12.1 Å². The van der Waals surface area contributed by atoms with E-state index >= 15 is 0 Å². The Labute approximate surface area is 119 Å². The highest BCUT2D eigenvalue weighted by Crippen LogP contribution is 2.27. The number of rotatable bonds is 3. The number of pyridine rings is 1. The number of aromatic nitrogens is 1. The van der Waals surface area contributed by atoms with E-state index in [9.17, 15) is 8.42 Å². The Morgan fingerprint density at radius 1 is 1.50 bits per heavy atom. The van der Waals surface area contributed by atoms with Crippen LogP contribution in [0.1, 0.15) is 31.7 Å². The molecule has 5 nitrogen and oxygen atoms in total. The smallest absolute Gasteiger partial charge is 0.244 e. The van der Waals surface area contributed by atoms with E-state index in [1.165, 1.54) is 18.5 Å². The van der Waals surface area contributed by atoms with Gasteiger partial charge < -0.3 is 5.11 Å². The minimum absolute atomic E-state index is 0.0761. The van der Waals surface area contributed by atoms with Gasteiger partial charge in [-0.05, 0) is 25.3 Å². The van der Waals surface area contributed by atoms with Gasteiger partial charge in [0, 0.05) is 30.5 Å². The molecule has 1 aromatic heterocycles. The zero-order valence-electron chi connectivity index (χ0n) is 11.4. The molecule has 108 valence electrons. The zero-order chi connectivity index (χ0) is 14.6. The lowest BCUT2D eigenvalue weighted by atomic mass is 10.2. The van der Waals surface area contributed by atoms with Crippen LogP contribution in [0.2, 0.25) is 0 Å². The van der Waals surface area contributed by atoms with Crippen LogP contribution in [-0.2, 0) is 10.0 Å². The van der Waals surface area contributed by atoms with Gasteiger partial charge in [0.05, 0.1) is 0 Å². The van der Waals surface area contributed by atoms with Crippen LogP contribution in [-0.4, -0.2) is 42.0 Å². The van der Waals surface area contributed by atoms with Crippen molar-refractivity contribution in [3.63, 3.8) is 0 Å². The van der Waals surface area contributed by atoms with Crippen molar-refractivity contribution in [2.24, 2.45) is 0 Å². The van der Waals surface area contributed by atoms with Gasteiger partial charge in [-0.3, -0.25) is 4.98 Å². The molecule has 2 heterocycles. The first-order chi connectivity index (χ1) is 9.59. The van der Waals surface area contributed by atoms with Gasteiger partial charge >= 0.3 is 0 Å². The van der Waals surface area contributed by atoms with E-state index in [0.717, 1.165) is 19.3 Å². The van der Waals surface area contributed by atoms with Crippen LogP contribution in [0.5, 0.6) is 0 Å². The lowest BCUT2D eigenvalue weighted by molar-refractivity contribution is 0.350. The Bertz CT molecular complexity index is 631. The van der Waals surface area contributed by atoms with E-state index in [-0.39, 0.29) is 17.5 Å². The molecule has 1 aliphatic heterocycles. The van der Waals surface area contributed by atoms with Crippen LogP contribution in [0.3, 0.4) is 0 Å². The molecule has 6 heteroatoms. The van der Waals surface area contributed by atoms with Gasteiger partial charge in [-0.1, -0.05) is 18.8 Å². The Balaban J connectivity index is 2.34. The van der Waals surface area contributed by atoms with E-state index in [4.69, 9.17) is 5.11 Å². The molecule has 1 aliphatic rings. The minimum Gasteiger partial charge on any atom is -0.384 e. The first kappa shape index (κ1) is 15.0. The molecular weight excluding hydrogens is 276 g/mol. The second-order valence-corrected chi connectivity index (χ2v) is 6.58. The van der Waals surface area contributed by atoms with Gasteiger partial charge in [0.25, 0.3) is 0 Å². The number of aliphatic hydroxyl groups excluding tert-OH is 1. The molecular formula is C14H18N2O3S. The summed E-state index contributed by atoms with van der Waals surface area (Å²) < 4.78 is 26.8. The van der Waals surface area contributed by atoms with Crippen LogP contribution in [0.15, 0.2) is 23.4 Å². The highest BCUT2D eigenvalue weighted by atomic mass is 32.2. The van der Waals surface area contributed by atoms with Gasteiger partial charge in [0.15, 0.2) is 0 Å². The molecule has 1 N–H and O–H groups in total. The fourth-order valence-corrected chi connectivity index (χ4v) is 4.20. The normalized spacial score (nSPS) is 19.6. The van der Waals surface area contributed by atoms with Gasteiger partial charge in [-0.15, -0.1) is 0 Å². The summed E-state index contributed by atoms with van der Waals surface area (Å²) in [7, 11) is -3.51. The average Bonchev–Trinajstić information content (AvgIpc) is 2.94. The van der Waals surface area contributed by atoms with Crippen molar-refractivity contribution < 1.29 is 13.5 Å². The monoisotopic (exact) mass is 294 g/mol. The van der Waals surface area contributed by atoms with Crippen LogP contribution in [0, 0.1) is 11.8 Å². The summed E-state index contributed by atoms with van der Waals surface area (Å²) in [6.45, 7) is 2.30. The fraction of sp³-hybridized carbons (Fsp3) is 0.500. The topological polar surface area (TPSA) is 70.5 Å². The number of hydrogen-bond donors (Lipinski definition) is 1. The van der Waals surface area contributed by atoms with Crippen LogP contribution in [0.4, 0.5) is 0 Å².